The van der Waals surface area contributed by atoms with Crippen molar-refractivity contribution in [2.24, 2.45) is 5.73 Å². The third-order valence-electron chi connectivity index (χ3n) is 7.54. The highest BCUT2D eigenvalue weighted by molar-refractivity contribution is 7.92. The van der Waals surface area contributed by atoms with Crippen LogP contribution in [0.2, 0.25) is 0 Å². The number of hydrogen-bond acceptors (Lipinski definition) is 10. The van der Waals surface area contributed by atoms with Crippen molar-refractivity contribution >= 4 is 33.3 Å². The zero-order chi connectivity index (χ0) is 30.4. The van der Waals surface area contributed by atoms with Gasteiger partial charge in [0.15, 0.2) is 9.84 Å². The molecule has 0 aliphatic carbocycles. The van der Waals surface area contributed by atoms with Gasteiger partial charge in [-0.2, -0.15) is 0 Å². The van der Waals surface area contributed by atoms with E-state index in [1.54, 1.807) is 72.6 Å². The fraction of sp³-hybridized carbons (Fsp3) is 0.400. The number of carbonyl (C=O) groups excluding carboxylic acids is 2. The second kappa shape index (κ2) is 13.6. The van der Waals surface area contributed by atoms with Gasteiger partial charge in [0.25, 0.3) is 5.91 Å². The Morgan fingerprint density at radius 3 is 2.33 bits per heavy atom. The fourth-order valence-electron chi connectivity index (χ4n) is 5.19. The smallest absolute Gasteiger partial charge is 0.253 e. The Balaban J connectivity index is 1.17. The van der Waals surface area contributed by atoms with Gasteiger partial charge in [0, 0.05) is 62.4 Å². The number of piperazine rings is 1. The number of sulfone groups is 1. The molecule has 12 nitrogen and oxygen atoms in total. The summed E-state index contributed by atoms with van der Waals surface area (Å²) in [4.78, 5) is 38.0. The third-order valence-corrected chi connectivity index (χ3v) is 9.82. The topological polar surface area (TPSA) is 160 Å². The maximum absolute atomic E-state index is 13.0. The molecule has 43 heavy (non-hydrogen) atoms. The molecule has 5 rings (SSSR count). The van der Waals surface area contributed by atoms with Gasteiger partial charge in [0.05, 0.1) is 28.5 Å². The first-order valence-electron chi connectivity index (χ1n) is 14.4. The van der Waals surface area contributed by atoms with Crippen molar-refractivity contribution in [1.29, 1.82) is 0 Å². The molecule has 2 amide bonds. The van der Waals surface area contributed by atoms with Crippen molar-refractivity contribution in [2.75, 3.05) is 51.3 Å². The fourth-order valence-corrected chi connectivity index (χ4v) is 6.91. The number of aromatic nitrogens is 2. The number of nitrogens with two attached hydrogens (primary N) is 1. The Morgan fingerprint density at radius 2 is 1.67 bits per heavy atom. The van der Waals surface area contributed by atoms with Crippen LogP contribution in [0, 0.1) is 0 Å². The molecule has 2 fully saturated rings. The molecule has 2 saturated heterocycles. The van der Waals surface area contributed by atoms with E-state index in [2.05, 4.69) is 20.6 Å². The van der Waals surface area contributed by atoms with Gasteiger partial charge < -0.3 is 26.0 Å². The molecule has 0 bridgehead atoms. The monoisotopic (exact) mass is 607 g/mol. The van der Waals surface area contributed by atoms with Crippen LogP contribution >= 0.6 is 0 Å². The highest BCUT2D eigenvalue weighted by Crippen LogP contribution is 2.26. The molecule has 13 heteroatoms. The average Bonchev–Trinajstić information content (AvgIpc) is 3.02. The minimum absolute atomic E-state index is 0.0632. The Morgan fingerprint density at radius 1 is 1.00 bits per heavy atom. The van der Waals surface area contributed by atoms with Crippen molar-refractivity contribution in [1.82, 2.24) is 25.1 Å². The molecule has 2 aliphatic rings. The Labute approximate surface area is 251 Å². The Kier molecular flexibility index (Phi) is 9.65. The van der Waals surface area contributed by atoms with E-state index < -0.39 is 21.3 Å². The average molecular weight is 608 g/mol. The van der Waals surface area contributed by atoms with Crippen LogP contribution in [-0.2, 0) is 19.4 Å². The van der Waals surface area contributed by atoms with Crippen LogP contribution in [0.25, 0.3) is 11.3 Å². The number of hydrogen-bond donors (Lipinski definition) is 3. The first kappa shape index (κ1) is 30.5. The summed E-state index contributed by atoms with van der Waals surface area (Å²) in [6.07, 6.45) is 2.26. The van der Waals surface area contributed by atoms with Gasteiger partial charge in [-0.3, -0.25) is 14.5 Å². The highest BCUT2D eigenvalue weighted by atomic mass is 32.2. The van der Waals surface area contributed by atoms with Crippen molar-refractivity contribution in [2.45, 2.75) is 36.1 Å². The van der Waals surface area contributed by atoms with Crippen molar-refractivity contribution < 1.29 is 22.7 Å². The molecule has 0 saturated carbocycles. The maximum atomic E-state index is 13.0. The van der Waals surface area contributed by atoms with Crippen LogP contribution in [0.4, 0.5) is 11.6 Å². The SMILES string of the molecule is CC(N)NC(=O)CN1CCN(C(=O)c2ccc(Nc3nccc(-c4ccc(S(=O)(=O)C5CCOCC5)cc4)n3)cc2)CC1. The Bertz CT molecular complexity index is 1520. The van der Waals surface area contributed by atoms with Gasteiger partial charge >= 0.3 is 0 Å². The van der Waals surface area contributed by atoms with E-state index in [1.807, 2.05) is 4.90 Å². The second-order valence-corrected chi connectivity index (χ2v) is 13.0. The van der Waals surface area contributed by atoms with Gasteiger partial charge in [-0.15, -0.1) is 0 Å². The minimum Gasteiger partial charge on any atom is -0.381 e. The zero-order valence-electron chi connectivity index (χ0n) is 24.1. The van der Waals surface area contributed by atoms with Crippen LogP contribution in [0.5, 0.6) is 0 Å². The number of benzene rings is 2. The molecule has 3 aromatic rings. The van der Waals surface area contributed by atoms with E-state index >= 15 is 0 Å². The first-order valence-corrected chi connectivity index (χ1v) is 15.9. The van der Waals surface area contributed by atoms with Crippen LogP contribution in [-0.4, -0.2) is 97.4 Å². The van der Waals surface area contributed by atoms with E-state index in [4.69, 9.17) is 10.5 Å². The number of carbonyl (C=O) groups is 2. The van der Waals surface area contributed by atoms with E-state index in [9.17, 15) is 18.0 Å². The Hall–Kier alpha value is -3.91. The van der Waals surface area contributed by atoms with E-state index in [0.29, 0.717) is 74.3 Å². The molecular formula is C30H37N7O5S. The standard InChI is InChI=1S/C30H37N7O5S/c1-21(31)33-28(38)20-36-14-16-37(17-15-36)29(39)23-2-6-24(7-3-23)34-30-32-13-10-27(35-30)22-4-8-25(9-5-22)43(40,41)26-11-18-42-19-12-26/h2-10,13,21,26H,11-12,14-20,31H2,1H3,(H,33,38)(H,32,34,35). The quantitative estimate of drug-likeness (QED) is 0.307. The van der Waals surface area contributed by atoms with Crippen molar-refractivity contribution in [3.8, 4) is 11.3 Å². The summed E-state index contributed by atoms with van der Waals surface area (Å²) in [6, 6.07) is 15.7. The largest absolute Gasteiger partial charge is 0.381 e. The number of amides is 2. The summed E-state index contributed by atoms with van der Waals surface area (Å²) in [5.74, 6) is 0.188. The predicted octanol–water partition coefficient (Wildman–Crippen LogP) is 2.02. The van der Waals surface area contributed by atoms with Crippen LogP contribution in [0.1, 0.15) is 30.1 Å². The van der Waals surface area contributed by atoms with E-state index in [-0.39, 0.29) is 18.4 Å². The lowest BCUT2D eigenvalue weighted by atomic mass is 10.1. The summed E-state index contributed by atoms with van der Waals surface area (Å²) in [6.45, 7) is 5.20. The lowest BCUT2D eigenvalue weighted by Crippen LogP contribution is -2.52. The lowest BCUT2D eigenvalue weighted by Gasteiger charge is -2.34. The predicted molar refractivity (Wildman–Crippen MR) is 162 cm³/mol. The van der Waals surface area contributed by atoms with Gasteiger partial charge in [-0.25, -0.2) is 18.4 Å². The number of nitrogens with one attached hydrogen (secondary N) is 2. The summed E-state index contributed by atoms with van der Waals surface area (Å²) < 4.78 is 31.3. The number of rotatable bonds is 9. The molecular weight excluding hydrogens is 570 g/mol. The van der Waals surface area contributed by atoms with Crippen molar-refractivity contribution in [3.05, 3.63) is 66.4 Å². The molecule has 2 aliphatic heterocycles. The number of anilines is 2. The maximum Gasteiger partial charge on any atom is 0.253 e. The van der Waals surface area contributed by atoms with Crippen LogP contribution in [0.3, 0.4) is 0 Å². The molecule has 3 heterocycles. The number of ether oxygens (including phenoxy) is 1. The summed E-state index contributed by atoms with van der Waals surface area (Å²) >= 11 is 0. The van der Waals surface area contributed by atoms with E-state index in [1.165, 1.54) is 0 Å². The molecule has 1 unspecified atom stereocenters. The minimum atomic E-state index is -3.41. The normalized spacial score (nSPS) is 17.3. The molecule has 2 aromatic carbocycles. The van der Waals surface area contributed by atoms with Crippen molar-refractivity contribution in [3.63, 3.8) is 0 Å². The van der Waals surface area contributed by atoms with Gasteiger partial charge in [-0.05, 0) is 62.2 Å². The van der Waals surface area contributed by atoms with Gasteiger partial charge in [0.1, 0.15) is 0 Å². The van der Waals surface area contributed by atoms with E-state index in [0.717, 1.165) is 11.3 Å². The zero-order valence-corrected chi connectivity index (χ0v) is 24.9. The van der Waals surface area contributed by atoms with Crippen LogP contribution in [0.15, 0.2) is 65.7 Å². The lowest BCUT2D eigenvalue weighted by molar-refractivity contribution is -0.123. The summed E-state index contributed by atoms with van der Waals surface area (Å²) in [5, 5.41) is 5.43. The molecule has 0 spiro atoms. The second-order valence-electron chi connectivity index (χ2n) is 10.8. The summed E-state index contributed by atoms with van der Waals surface area (Å²) in [5.41, 5.74) is 8.32. The van der Waals surface area contributed by atoms with Gasteiger partial charge in [0.2, 0.25) is 11.9 Å². The molecule has 1 aromatic heterocycles. The third kappa shape index (κ3) is 7.73. The molecule has 0 radical (unpaired) electrons. The van der Waals surface area contributed by atoms with Gasteiger partial charge in [-0.1, -0.05) is 12.1 Å². The summed E-state index contributed by atoms with van der Waals surface area (Å²) in [7, 11) is -3.41. The number of nitrogens with zero attached hydrogens (tertiary/aromatic N) is 4. The van der Waals surface area contributed by atoms with Crippen LogP contribution < -0.4 is 16.4 Å². The molecule has 4 N–H and O–H groups in total. The first-order chi connectivity index (χ1) is 20.7. The molecule has 1 atom stereocenters. The highest BCUT2D eigenvalue weighted by Gasteiger charge is 2.29. The molecule has 228 valence electrons.